The van der Waals surface area contributed by atoms with Gasteiger partial charge in [0.25, 0.3) is 5.91 Å². The van der Waals surface area contributed by atoms with E-state index in [4.69, 9.17) is 5.14 Å². The molecule has 0 unspecified atom stereocenters. The SMILES string of the molecule is NS(=O)(=O)c1ccc(C(=O)NCCc2cn3ccsc3n2)cc1. The van der Waals surface area contributed by atoms with E-state index in [1.807, 2.05) is 22.2 Å². The Morgan fingerprint density at radius 3 is 2.70 bits per heavy atom. The van der Waals surface area contributed by atoms with Gasteiger partial charge < -0.3 is 5.32 Å². The first kappa shape index (κ1) is 15.7. The molecule has 0 atom stereocenters. The third kappa shape index (κ3) is 3.58. The third-order valence-corrected chi connectivity index (χ3v) is 4.95. The van der Waals surface area contributed by atoms with Gasteiger partial charge in [0.05, 0.1) is 10.6 Å². The monoisotopic (exact) mass is 350 g/mol. The van der Waals surface area contributed by atoms with Crippen LogP contribution in [0.25, 0.3) is 4.96 Å². The van der Waals surface area contributed by atoms with Gasteiger partial charge in [-0.2, -0.15) is 0 Å². The number of amides is 1. The van der Waals surface area contributed by atoms with Gasteiger partial charge in [-0.05, 0) is 24.3 Å². The molecule has 0 radical (unpaired) electrons. The molecule has 0 aliphatic heterocycles. The van der Waals surface area contributed by atoms with E-state index in [2.05, 4.69) is 10.3 Å². The van der Waals surface area contributed by atoms with E-state index in [9.17, 15) is 13.2 Å². The minimum absolute atomic E-state index is 0.0212. The predicted octanol–water partition coefficient (Wildman–Crippen LogP) is 1.02. The normalized spacial score (nSPS) is 11.7. The van der Waals surface area contributed by atoms with Crippen molar-refractivity contribution in [2.24, 2.45) is 5.14 Å². The number of benzene rings is 1. The van der Waals surface area contributed by atoms with Gasteiger partial charge in [0, 0.05) is 36.3 Å². The average molecular weight is 350 g/mol. The van der Waals surface area contributed by atoms with Crippen LogP contribution < -0.4 is 10.5 Å². The number of sulfonamides is 1. The Bertz CT molecular complexity index is 913. The van der Waals surface area contributed by atoms with Gasteiger partial charge in [-0.25, -0.2) is 18.5 Å². The number of nitrogens with two attached hydrogens (primary N) is 1. The summed E-state index contributed by atoms with van der Waals surface area (Å²) in [6.07, 6.45) is 4.48. The second kappa shape index (κ2) is 6.11. The first-order valence-electron chi connectivity index (χ1n) is 6.75. The van der Waals surface area contributed by atoms with E-state index in [-0.39, 0.29) is 10.8 Å². The number of imidazole rings is 1. The highest BCUT2D eigenvalue weighted by Gasteiger charge is 2.10. The molecule has 1 amide bonds. The molecular weight excluding hydrogens is 336 g/mol. The molecule has 120 valence electrons. The van der Waals surface area contributed by atoms with Crippen LogP contribution >= 0.6 is 11.3 Å². The lowest BCUT2D eigenvalue weighted by molar-refractivity contribution is 0.0954. The number of rotatable bonds is 5. The van der Waals surface area contributed by atoms with Crippen LogP contribution in [0.3, 0.4) is 0 Å². The Balaban J connectivity index is 1.57. The number of nitrogens with one attached hydrogen (secondary N) is 1. The van der Waals surface area contributed by atoms with Gasteiger partial charge in [-0.1, -0.05) is 0 Å². The lowest BCUT2D eigenvalue weighted by Gasteiger charge is -2.05. The molecule has 7 nitrogen and oxygen atoms in total. The fourth-order valence-corrected chi connectivity index (χ4v) is 3.33. The molecule has 0 saturated carbocycles. The summed E-state index contributed by atoms with van der Waals surface area (Å²) in [7, 11) is -3.75. The molecule has 1 aromatic carbocycles. The molecule has 0 saturated heterocycles. The lowest BCUT2D eigenvalue weighted by atomic mass is 10.2. The molecule has 0 fully saturated rings. The zero-order valence-corrected chi connectivity index (χ0v) is 13.6. The molecular formula is C14H14N4O3S2. The Kier molecular flexibility index (Phi) is 4.16. The van der Waals surface area contributed by atoms with Crippen molar-refractivity contribution in [3.05, 3.63) is 53.3 Å². The minimum atomic E-state index is -3.75. The molecule has 3 rings (SSSR count). The zero-order valence-electron chi connectivity index (χ0n) is 12.0. The van der Waals surface area contributed by atoms with Gasteiger partial charge in [-0.15, -0.1) is 11.3 Å². The minimum Gasteiger partial charge on any atom is -0.352 e. The first-order valence-corrected chi connectivity index (χ1v) is 9.18. The molecule has 0 bridgehead atoms. The van der Waals surface area contributed by atoms with Crippen LogP contribution in [-0.4, -0.2) is 30.3 Å². The maximum atomic E-state index is 12.0. The van der Waals surface area contributed by atoms with Gasteiger partial charge in [0.15, 0.2) is 4.96 Å². The van der Waals surface area contributed by atoms with Crippen molar-refractivity contribution < 1.29 is 13.2 Å². The van der Waals surface area contributed by atoms with Gasteiger partial charge in [0.2, 0.25) is 10.0 Å². The van der Waals surface area contributed by atoms with Crippen molar-refractivity contribution in [2.75, 3.05) is 6.54 Å². The molecule has 0 aliphatic rings. The van der Waals surface area contributed by atoms with E-state index >= 15 is 0 Å². The molecule has 23 heavy (non-hydrogen) atoms. The second-order valence-corrected chi connectivity index (χ2v) is 7.33. The average Bonchev–Trinajstić information content (AvgIpc) is 3.07. The largest absolute Gasteiger partial charge is 0.352 e. The summed E-state index contributed by atoms with van der Waals surface area (Å²) in [5, 5.41) is 9.75. The number of carbonyl (C=O) groups is 1. The predicted molar refractivity (Wildman–Crippen MR) is 86.9 cm³/mol. The van der Waals surface area contributed by atoms with E-state index in [1.54, 1.807) is 11.3 Å². The Morgan fingerprint density at radius 1 is 1.30 bits per heavy atom. The second-order valence-electron chi connectivity index (χ2n) is 4.90. The highest BCUT2D eigenvalue weighted by atomic mass is 32.2. The van der Waals surface area contributed by atoms with Crippen molar-refractivity contribution in [1.29, 1.82) is 0 Å². The number of aromatic nitrogens is 2. The smallest absolute Gasteiger partial charge is 0.251 e. The van der Waals surface area contributed by atoms with Gasteiger partial charge in [0.1, 0.15) is 0 Å². The summed E-state index contributed by atoms with van der Waals surface area (Å²) in [5.74, 6) is -0.271. The Hall–Kier alpha value is -2.23. The maximum absolute atomic E-state index is 12.0. The fraction of sp³-hybridized carbons (Fsp3) is 0.143. The summed E-state index contributed by atoms with van der Waals surface area (Å²) < 4.78 is 24.3. The number of nitrogens with zero attached hydrogens (tertiary/aromatic N) is 2. The number of thiazole rings is 1. The molecule has 0 spiro atoms. The first-order chi connectivity index (χ1) is 10.9. The van der Waals surface area contributed by atoms with Crippen molar-refractivity contribution in [2.45, 2.75) is 11.3 Å². The van der Waals surface area contributed by atoms with Crippen molar-refractivity contribution in [1.82, 2.24) is 14.7 Å². The molecule has 3 N–H and O–H groups in total. The van der Waals surface area contributed by atoms with Crippen LogP contribution in [0.2, 0.25) is 0 Å². The summed E-state index contributed by atoms with van der Waals surface area (Å²) in [6, 6.07) is 5.49. The molecule has 0 aliphatic carbocycles. The van der Waals surface area contributed by atoms with Crippen LogP contribution in [0, 0.1) is 0 Å². The molecule has 2 heterocycles. The van der Waals surface area contributed by atoms with Gasteiger partial charge >= 0.3 is 0 Å². The fourth-order valence-electron chi connectivity index (χ4n) is 2.10. The van der Waals surface area contributed by atoms with E-state index in [1.165, 1.54) is 24.3 Å². The molecule has 3 aromatic rings. The number of hydrogen-bond acceptors (Lipinski definition) is 5. The Morgan fingerprint density at radius 2 is 2.04 bits per heavy atom. The van der Waals surface area contributed by atoms with Crippen molar-refractivity contribution >= 4 is 32.2 Å². The number of fused-ring (bicyclic) bond motifs is 1. The topological polar surface area (TPSA) is 107 Å². The number of primary sulfonamides is 1. The van der Waals surface area contributed by atoms with Crippen LogP contribution in [-0.2, 0) is 16.4 Å². The quantitative estimate of drug-likeness (QED) is 0.716. The third-order valence-electron chi connectivity index (χ3n) is 3.25. The highest BCUT2D eigenvalue weighted by Crippen LogP contribution is 2.12. The lowest BCUT2D eigenvalue weighted by Crippen LogP contribution is -2.25. The van der Waals surface area contributed by atoms with Crippen LogP contribution in [0.5, 0.6) is 0 Å². The summed E-state index contributed by atoms with van der Waals surface area (Å²) >= 11 is 1.55. The van der Waals surface area contributed by atoms with Crippen molar-refractivity contribution in [3.8, 4) is 0 Å². The van der Waals surface area contributed by atoms with E-state index in [0.29, 0.717) is 18.5 Å². The summed E-state index contributed by atoms with van der Waals surface area (Å²) in [4.78, 5) is 17.3. The van der Waals surface area contributed by atoms with Crippen LogP contribution in [0.1, 0.15) is 16.1 Å². The van der Waals surface area contributed by atoms with E-state index in [0.717, 1.165) is 10.7 Å². The van der Waals surface area contributed by atoms with Gasteiger partial charge in [-0.3, -0.25) is 9.20 Å². The summed E-state index contributed by atoms with van der Waals surface area (Å²) in [6.45, 7) is 0.445. The maximum Gasteiger partial charge on any atom is 0.251 e. The number of carbonyl (C=O) groups excluding carboxylic acids is 1. The standard InChI is InChI=1S/C14H14N4O3S2/c15-23(20,21)12-3-1-10(2-4-12)13(19)16-6-5-11-9-18-7-8-22-14(18)17-11/h1-4,7-9H,5-6H2,(H,16,19)(H2,15,20,21). The Labute approximate surface area is 136 Å². The van der Waals surface area contributed by atoms with Crippen LogP contribution in [0.15, 0.2) is 46.9 Å². The zero-order chi connectivity index (χ0) is 16.4. The number of hydrogen-bond donors (Lipinski definition) is 2. The van der Waals surface area contributed by atoms with E-state index < -0.39 is 10.0 Å². The molecule has 2 aromatic heterocycles. The van der Waals surface area contributed by atoms with Crippen LogP contribution in [0.4, 0.5) is 0 Å². The molecule has 9 heteroatoms. The summed E-state index contributed by atoms with van der Waals surface area (Å²) in [5.41, 5.74) is 1.28. The highest BCUT2D eigenvalue weighted by molar-refractivity contribution is 7.89. The van der Waals surface area contributed by atoms with Crippen molar-refractivity contribution in [3.63, 3.8) is 0 Å².